The Bertz CT molecular complexity index is 2150. The Morgan fingerprint density at radius 2 is 1.40 bits per heavy atom. The molecular formula is C54H92IN10O16-. The van der Waals surface area contributed by atoms with E-state index in [4.69, 9.17) is 8.80 Å². The van der Waals surface area contributed by atoms with Gasteiger partial charge in [0.1, 0.15) is 17.8 Å². The molecule has 3 heterocycles. The molecule has 3 aliphatic rings. The van der Waals surface area contributed by atoms with Crippen molar-refractivity contribution < 1.29 is 99.4 Å². The number of hydrogen-bond donors (Lipinski definition) is 16. The molecule has 0 radical (unpaired) electrons. The van der Waals surface area contributed by atoms with E-state index in [0.29, 0.717) is 31.3 Å². The summed E-state index contributed by atoms with van der Waals surface area (Å²) in [5.41, 5.74) is 5.77. The predicted octanol–water partition coefficient (Wildman–Crippen LogP) is -5.73. The Morgan fingerprint density at radius 1 is 0.753 bits per heavy atom. The first-order valence-electron chi connectivity index (χ1n) is 28.6. The van der Waals surface area contributed by atoms with Gasteiger partial charge in [-0.2, -0.15) is 0 Å². The Labute approximate surface area is 486 Å². The van der Waals surface area contributed by atoms with E-state index in [-0.39, 0.29) is 56.8 Å². The molecule has 3 fully saturated rings. The number of phenols is 1. The van der Waals surface area contributed by atoms with E-state index in [1.165, 1.54) is 30.7 Å². The first-order valence-corrected chi connectivity index (χ1v) is 30.6. The number of benzene rings is 1. The third-order valence-electron chi connectivity index (χ3n) is 15.2. The van der Waals surface area contributed by atoms with Crippen LogP contribution in [0.3, 0.4) is 0 Å². The monoisotopic (exact) mass is 1260 g/mol. The van der Waals surface area contributed by atoms with Crippen LogP contribution in [0.15, 0.2) is 24.3 Å². The number of rotatable bonds is 27. The minimum absolute atomic E-state index is 0.0259. The fourth-order valence-electron chi connectivity index (χ4n) is 10.4. The van der Waals surface area contributed by atoms with Crippen molar-refractivity contribution >= 4 is 41.4 Å². The number of nitrogens with one attached hydrogen (secondary N) is 7. The van der Waals surface area contributed by atoms with E-state index >= 15 is 0 Å². The van der Waals surface area contributed by atoms with Crippen LogP contribution >= 0.6 is 0 Å². The molecule has 26 nitrogen and oxygen atoms in total. The number of carbonyl (C=O) groups is 7. The second-order valence-electron chi connectivity index (χ2n) is 21.8. The van der Waals surface area contributed by atoms with Gasteiger partial charge in [0.05, 0.1) is 12.2 Å². The third kappa shape index (κ3) is 21.3. The van der Waals surface area contributed by atoms with Crippen molar-refractivity contribution in [3.8, 4) is 5.75 Å². The van der Waals surface area contributed by atoms with E-state index in [9.17, 15) is 74.4 Å². The van der Waals surface area contributed by atoms with Crippen molar-refractivity contribution in [1.29, 1.82) is 0 Å². The average molecular weight is 1260 g/mol. The van der Waals surface area contributed by atoms with Crippen LogP contribution in [-0.2, 0) is 36.6 Å². The molecular weight excluding hydrogens is 1170 g/mol. The van der Waals surface area contributed by atoms with Crippen LogP contribution in [0.4, 0.5) is 0 Å². The predicted molar refractivity (Wildman–Crippen MR) is 291 cm³/mol. The summed E-state index contributed by atoms with van der Waals surface area (Å²) in [6.07, 6.45) is -6.82. The number of nitrogens with two attached hydrogens (primary N) is 1. The topological polar surface area (TPSA) is 407 Å². The molecule has 0 bridgehead atoms. The van der Waals surface area contributed by atoms with Crippen LogP contribution in [0.5, 0.6) is 5.75 Å². The Kier molecular flexibility index (Phi) is 29.9. The van der Waals surface area contributed by atoms with E-state index < -0.39 is 168 Å². The molecule has 0 aliphatic carbocycles. The molecule has 17 N–H and O–H groups in total. The van der Waals surface area contributed by atoms with Gasteiger partial charge < -0.3 is 36.8 Å². The van der Waals surface area contributed by atoms with Crippen LogP contribution in [0.2, 0.25) is 0 Å². The maximum atomic E-state index is 14.8. The van der Waals surface area contributed by atoms with Gasteiger partial charge in [-0.15, -0.1) is 0 Å². The van der Waals surface area contributed by atoms with E-state index in [0.717, 1.165) is 55.2 Å². The molecule has 1 aromatic carbocycles. The zero-order chi connectivity index (χ0) is 59.9. The maximum absolute atomic E-state index is 14.8. The normalized spacial score (nSPS) is 27.9. The summed E-state index contributed by atoms with van der Waals surface area (Å²) in [7, 11) is 0. The molecule has 1 aromatic rings. The van der Waals surface area contributed by atoms with E-state index in [2.05, 4.69) is 56.2 Å². The number of nitrogens with zero attached hydrogens (tertiary/aromatic N) is 2. The number of carbonyl (C=O) groups excluding carboxylic acids is 7. The SMILES string of the molecule is CCO[I-]NCC[C@@H](O)[C@@H]1NC(=O)[C@H]([C@H](O)[C@@H](O)c2ccc(O)cc2)NC(=O)[C@@H]2C[C@@H](O)CN2C(=O)[C@H]([C@@H](C)O)NC(=O)[C@@H](NC(=O)CCCCCCCC[C@@H](C)C[C@@H](C)CC)C[C@@H](O)C(NCCN)NC(=O)[C@@H]2[C@@H](O)CCN2C1=O. The molecule has 27 heteroatoms. The van der Waals surface area contributed by atoms with Crippen LogP contribution in [0.25, 0.3) is 0 Å². The molecule has 0 aromatic heterocycles. The van der Waals surface area contributed by atoms with E-state index in [1.807, 2.05) is 0 Å². The Balaban J connectivity index is 1.75. The molecule has 7 amide bonds. The quantitative estimate of drug-likeness (QED) is 0.0222. The summed E-state index contributed by atoms with van der Waals surface area (Å²) in [5.74, 6) is -6.37. The molecule has 0 saturated carbocycles. The molecule has 3 saturated heterocycles. The van der Waals surface area contributed by atoms with Gasteiger partial charge >= 0.3 is 247 Å². The summed E-state index contributed by atoms with van der Waals surface area (Å²) in [6.45, 7) is 9.21. The summed E-state index contributed by atoms with van der Waals surface area (Å²) < 4.78 is 8.44. The van der Waals surface area contributed by atoms with Gasteiger partial charge in [0.15, 0.2) is 0 Å². The van der Waals surface area contributed by atoms with Gasteiger partial charge in [0.2, 0.25) is 17.7 Å². The molecule has 81 heavy (non-hydrogen) atoms. The third-order valence-corrected chi connectivity index (χ3v) is 17.0. The summed E-state index contributed by atoms with van der Waals surface area (Å²) in [5, 5.41) is 106. The van der Waals surface area contributed by atoms with Crippen molar-refractivity contribution in [1.82, 2.24) is 45.2 Å². The standard InChI is InChI=1S/C54H92IN10O16/c1-6-30(3)26-31(4)14-12-10-8-9-11-13-15-41(72)59-36-28-40(71)48(57-24-22-56)63-52(78)45-39(70)21-25-64(45)54(80)43(38(69)20-23-58-55-81-7-2)61-51(77)44(47(74)46(73)33-16-18-34(67)19-17-33)62-50(76)37-27-35(68)29-65(37)53(79)42(32(5)66)60-49(36)75/h16-19,30-32,35-40,42-48,57-58,66-71,73-74H,6-15,20-29,56H2,1-5H3,(H,59,72)(H,60,75)(H,61,77)(H,62,76)(H,63,78)/q-1/t30-,31+,32+,35+,36-,37-,38+,39-,40+,42-,43-,44-,45-,46-,47-,48?/m0/s1. The number of unbranched alkanes of at least 4 members (excludes halogenated alkanes) is 5. The summed E-state index contributed by atoms with van der Waals surface area (Å²) in [4.78, 5) is 103. The van der Waals surface area contributed by atoms with Gasteiger partial charge in [-0.05, 0) is 43.7 Å². The zero-order valence-electron chi connectivity index (χ0n) is 47.4. The van der Waals surface area contributed by atoms with Crippen molar-refractivity contribution in [3.63, 3.8) is 0 Å². The summed E-state index contributed by atoms with van der Waals surface area (Å²) in [6, 6.07) is -6.35. The molecule has 462 valence electrons. The van der Waals surface area contributed by atoms with Crippen molar-refractivity contribution in [2.75, 3.05) is 39.3 Å². The molecule has 0 spiro atoms. The van der Waals surface area contributed by atoms with E-state index in [1.54, 1.807) is 6.92 Å². The number of halogens is 1. The Morgan fingerprint density at radius 3 is 2.05 bits per heavy atom. The minimum atomic E-state index is -2.28. The number of phenolic OH excluding ortho intramolecular Hbond substituents is 1. The van der Waals surface area contributed by atoms with Gasteiger partial charge in [0.25, 0.3) is 0 Å². The van der Waals surface area contributed by atoms with Gasteiger partial charge in [-0.1, -0.05) is 65.7 Å². The van der Waals surface area contributed by atoms with Gasteiger partial charge in [-0.3, -0.25) is 14.4 Å². The summed E-state index contributed by atoms with van der Waals surface area (Å²) >= 11 is -1.01. The number of fused-ring (bicyclic) bond motifs is 2. The first kappa shape index (κ1) is 69.1. The van der Waals surface area contributed by atoms with Crippen LogP contribution in [0, 0.1) is 11.8 Å². The fourth-order valence-corrected chi connectivity index (χ4v) is 11.5. The van der Waals surface area contributed by atoms with Crippen LogP contribution in [-0.4, -0.2) is 210 Å². The van der Waals surface area contributed by atoms with Crippen LogP contribution in [0.1, 0.15) is 136 Å². The van der Waals surface area contributed by atoms with Gasteiger partial charge in [-0.25, -0.2) is 0 Å². The van der Waals surface area contributed by atoms with Crippen molar-refractivity contribution in [2.45, 2.75) is 210 Å². The zero-order valence-corrected chi connectivity index (χ0v) is 49.5. The molecule has 3 aliphatic heterocycles. The second kappa shape index (κ2) is 35.0. The number of aliphatic hydroxyl groups excluding tert-OH is 7. The second-order valence-corrected chi connectivity index (χ2v) is 23.7. The molecule has 4 rings (SSSR count). The number of amides is 7. The first-order chi connectivity index (χ1) is 38.5. The Hall–Kier alpha value is -4.40. The van der Waals surface area contributed by atoms with Crippen molar-refractivity contribution in [2.24, 2.45) is 17.6 Å². The molecule has 16 atom stereocenters. The number of aromatic hydroxyl groups is 1. The fraction of sp³-hybridized carbons (Fsp3) is 0.759. The molecule has 1 unspecified atom stereocenters. The average Bonchev–Trinajstić information content (AvgIpc) is 4.18. The van der Waals surface area contributed by atoms with Crippen LogP contribution < -0.4 is 63.1 Å². The van der Waals surface area contributed by atoms with Crippen molar-refractivity contribution in [3.05, 3.63) is 29.8 Å². The number of hydrogen-bond acceptors (Lipinski definition) is 19. The van der Waals surface area contributed by atoms with Gasteiger partial charge in [0, 0.05) is 32.5 Å². The number of aliphatic hydroxyl groups is 7.